The third-order valence-electron chi connectivity index (χ3n) is 4.09. The summed E-state index contributed by atoms with van der Waals surface area (Å²) in [6.45, 7) is 6.43. The van der Waals surface area contributed by atoms with E-state index in [1.165, 1.54) is 12.1 Å². The zero-order valence-electron chi connectivity index (χ0n) is 14.6. The van der Waals surface area contributed by atoms with Crippen molar-refractivity contribution in [1.29, 1.82) is 0 Å². The molecule has 0 spiro atoms. The summed E-state index contributed by atoms with van der Waals surface area (Å²) in [5, 5.41) is 22.9. The fraction of sp³-hybridized carbons (Fsp3) is 0.556. The number of nitrogens with zero attached hydrogens (tertiary/aromatic N) is 1. The minimum Gasteiger partial charge on any atom is -0.504 e. The first-order valence-corrected chi connectivity index (χ1v) is 8.83. The van der Waals surface area contributed by atoms with Crippen molar-refractivity contribution in [2.24, 2.45) is 10.5 Å². The fourth-order valence-electron chi connectivity index (χ4n) is 3.08. The number of phenolic OH excluding ortho intramolecular Hbond substituents is 2. The summed E-state index contributed by atoms with van der Waals surface area (Å²) in [4.78, 5) is 12.2. The van der Waals surface area contributed by atoms with Crippen molar-refractivity contribution in [1.82, 2.24) is 5.43 Å². The second-order valence-electron chi connectivity index (χ2n) is 6.11. The molecule has 0 heterocycles. The maximum atomic E-state index is 12.2. The van der Waals surface area contributed by atoms with Crippen LogP contribution in [0.25, 0.3) is 0 Å². The highest BCUT2D eigenvalue weighted by Crippen LogP contribution is 2.35. The molecular formula is C18H27ClN2O3. The van der Waals surface area contributed by atoms with Gasteiger partial charge >= 0.3 is 0 Å². The Morgan fingerprint density at radius 1 is 1.17 bits per heavy atom. The zero-order valence-corrected chi connectivity index (χ0v) is 15.4. The van der Waals surface area contributed by atoms with Gasteiger partial charge in [0, 0.05) is 11.6 Å². The van der Waals surface area contributed by atoms with Crippen molar-refractivity contribution in [3.63, 3.8) is 0 Å². The lowest BCUT2D eigenvalue weighted by Crippen LogP contribution is -2.26. The maximum Gasteiger partial charge on any atom is 0.273 e. The average molecular weight is 355 g/mol. The molecule has 24 heavy (non-hydrogen) atoms. The standard InChI is InChI=1S/C18H27ClN2O3/c1-4-9-18(10-5-2,11-6-3)12-20-21-17(24)13-7-8-14(22)16(23)15(13)19/h7-8,12,22-23H,4-6,9-11H2,1-3H3,(H,21,24)/b20-12+. The highest BCUT2D eigenvalue weighted by molar-refractivity contribution is 6.35. The minimum atomic E-state index is -0.523. The van der Waals surface area contributed by atoms with E-state index < -0.39 is 11.7 Å². The van der Waals surface area contributed by atoms with Gasteiger partial charge in [-0.1, -0.05) is 51.6 Å². The van der Waals surface area contributed by atoms with Gasteiger partial charge in [-0.3, -0.25) is 4.79 Å². The van der Waals surface area contributed by atoms with E-state index in [4.69, 9.17) is 11.6 Å². The second kappa shape index (κ2) is 9.52. The van der Waals surface area contributed by atoms with Crippen LogP contribution in [0, 0.1) is 5.41 Å². The Balaban J connectivity index is 2.90. The Labute approximate surface area is 148 Å². The van der Waals surface area contributed by atoms with Gasteiger partial charge in [0.1, 0.15) is 0 Å². The largest absolute Gasteiger partial charge is 0.504 e. The van der Waals surface area contributed by atoms with E-state index in [0.29, 0.717) is 0 Å². The summed E-state index contributed by atoms with van der Waals surface area (Å²) >= 11 is 5.89. The number of carbonyl (C=O) groups excluding carboxylic acids is 1. The molecule has 0 aliphatic heterocycles. The Morgan fingerprint density at radius 3 is 2.21 bits per heavy atom. The molecule has 0 aromatic heterocycles. The van der Waals surface area contributed by atoms with Crippen molar-refractivity contribution < 1.29 is 15.0 Å². The smallest absolute Gasteiger partial charge is 0.273 e. The molecule has 0 radical (unpaired) electrons. The molecule has 6 heteroatoms. The van der Waals surface area contributed by atoms with Crippen molar-refractivity contribution in [2.75, 3.05) is 0 Å². The van der Waals surface area contributed by atoms with Crippen LogP contribution in [0.3, 0.4) is 0 Å². The summed E-state index contributed by atoms with van der Waals surface area (Å²) in [6.07, 6.45) is 8.07. The van der Waals surface area contributed by atoms with Gasteiger partial charge in [-0.15, -0.1) is 0 Å². The van der Waals surface area contributed by atoms with Crippen LogP contribution < -0.4 is 5.43 Å². The van der Waals surface area contributed by atoms with Crippen LogP contribution in [0.15, 0.2) is 17.2 Å². The molecule has 0 unspecified atom stereocenters. The molecule has 1 amide bonds. The maximum absolute atomic E-state index is 12.2. The highest BCUT2D eigenvalue weighted by atomic mass is 35.5. The van der Waals surface area contributed by atoms with Crippen molar-refractivity contribution in [3.05, 3.63) is 22.7 Å². The Hall–Kier alpha value is -1.75. The quantitative estimate of drug-likeness (QED) is 0.336. The highest BCUT2D eigenvalue weighted by Gasteiger charge is 2.25. The number of amides is 1. The van der Waals surface area contributed by atoms with E-state index in [1.54, 1.807) is 0 Å². The van der Waals surface area contributed by atoms with Crippen LogP contribution in [0.4, 0.5) is 0 Å². The molecule has 0 atom stereocenters. The van der Waals surface area contributed by atoms with Crippen LogP contribution in [-0.2, 0) is 0 Å². The zero-order chi connectivity index (χ0) is 18.2. The van der Waals surface area contributed by atoms with Gasteiger partial charge < -0.3 is 10.2 Å². The predicted octanol–water partition coefficient (Wildman–Crippen LogP) is 4.85. The molecule has 1 rings (SSSR count). The van der Waals surface area contributed by atoms with E-state index in [2.05, 4.69) is 31.3 Å². The summed E-state index contributed by atoms with van der Waals surface area (Å²) in [7, 11) is 0. The van der Waals surface area contributed by atoms with E-state index >= 15 is 0 Å². The van der Waals surface area contributed by atoms with Crippen molar-refractivity contribution >= 4 is 23.7 Å². The van der Waals surface area contributed by atoms with Gasteiger partial charge in [0.2, 0.25) is 0 Å². The molecular weight excluding hydrogens is 328 g/mol. The Morgan fingerprint density at radius 2 is 1.71 bits per heavy atom. The number of nitrogens with one attached hydrogen (secondary N) is 1. The number of aromatic hydroxyl groups is 2. The topological polar surface area (TPSA) is 81.9 Å². The van der Waals surface area contributed by atoms with Gasteiger partial charge in [-0.25, -0.2) is 5.43 Å². The number of benzene rings is 1. The lowest BCUT2D eigenvalue weighted by atomic mass is 9.77. The normalized spacial score (nSPS) is 11.8. The number of phenols is 2. The monoisotopic (exact) mass is 354 g/mol. The third kappa shape index (κ3) is 5.13. The van der Waals surface area contributed by atoms with Crippen molar-refractivity contribution in [3.8, 4) is 11.5 Å². The van der Waals surface area contributed by atoms with Gasteiger partial charge in [0.15, 0.2) is 11.5 Å². The first-order valence-electron chi connectivity index (χ1n) is 8.45. The van der Waals surface area contributed by atoms with Gasteiger partial charge in [0.05, 0.1) is 10.6 Å². The van der Waals surface area contributed by atoms with Crippen LogP contribution in [0.5, 0.6) is 11.5 Å². The lowest BCUT2D eigenvalue weighted by molar-refractivity contribution is 0.0954. The van der Waals surface area contributed by atoms with Crippen molar-refractivity contribution in [2.45, 2.75) is 59.3 Å². The van der Waals surface area contributed by atoms with E-state index in [0.717, 1.165) is 38.5 Å². The molecule has 0 aliphatic rings. The Kier molecular flexibility index (Phi) is 8.05. The fourth-order valence-corrected chi connectivity index (χ4v) is 3.33. The molecule has 1 aromatic carbocycles. The third-order valence-corrected chi connectivity index (χ3v) is 4.47. The summed E-state index contributed by atoms with van der Waals surface area (Å²) in [5.41, 5.74) is 2.53. The van der Waals surface area contributed by atoms with Gasteiger partial charge in [-0.05, 0) is 31.4 Å². The predicted molar refractivity (Wildman–Crippen MR) is 97.9 cm³/mol. The van der Waals surface area contributed by atoms with E-state index in [9.17, 15) is 15.0 Å². The summed E-state index contributed by atoms with van der Waals surface area (Å²) < 4.78 is 0. The number of rotatable bonds is 9. The SMILES string of the molecule is CCCC(/C=N/NC(=O)c1ccc(O)c(O)c1Cl)(CCC)CCC. The molecule has 0 aliphatic carbocycles. The van der Waals surface area contributed by atoms with Crippen LogP contribution in [0.1, 0.15) is 69.7 Å². The van der Waals surface area contributed by atoms with Crippen LogP contribution in [-0.4, -0.2) is 22.3 Å². The molecule has 0 saturated heterocycles. The molecule has 5 nitrogen and oxygen atoms in total. The number of halogens is 1. The Bertz CT molecular complexity index is 571. The average Bonchev–Trinajstić information content (AvgIpc) is 2.53. The first kappa shape index (κ1) is 20.3. The van der Waals surface area contributed by atoms with Crippen LogP contribution >= 0.6 is 11.6 Å². The number of hydrazone groups is 1. The number of carbonyl (C=O) groups is 1. The van der Waals surface area contributed by atoms with E-state index in [1.807, 2.05) is 6.21 Å². The molecule has 3 N–H and O–H groups in total. The molecule has 0 saturated carbocycles. The summed E-state index contributed by atoms with van der Waals surface area (Å²) in [5.74, 6) is -1.40. The molecule has 0 bridgehead atoms. The number of hydrogen-bond donors (Lipinski definition) is 3. The summed E-state index contributed by atoms with van der Waals surface area (Å²) in [6, 6.07) is 2.56. The minimum absolute atomic E-state index is 0.00752. The number of hydrogen-bond acceptors (Lipinski definition) is 4. The molecule has 1 aromatic rings. The molecule has 134 valence electrons. The van der Waals surface area contributed by atoms with Gasteiger partial charge in [0.25, 0.3) is 5.91 Å². The lowest BCUT2D eigenvalue weighted by Gasteiger charge is -2.28. The van der Waals surface area contributed by atoms with E-state index in [-0.39, 0.29) is 21.8 Å². The van der Waals surface area contributed by atoms with Crippen LogP contribution in [0.2, 0.25) is 5.02 Å². The first-order chi connectivity index (χ1) is 11.4. The second-order valence-corrected chi connectivity index (χ2v) is 6.48. The van der Waals surface area contributed by atoms with Gasteiger partial charge in [-0.2, -0.15) is 5.10 Å². The molecule has 0 fully saturated rings.